The number of rotatable bonds is 7. The summed E-state index contributed by atoms with van der Waals surface area (Å²) in [7, 11) is 3.89. The molecule has 1 amide bonds. The third-order valence-electron chi connectivity index (χ3n) is 2.98. The Balaban J connectivity index is 1.82. The Morgan fingerprint density at radius 3 is 2.67 bits per heavy atom. The van der Waals surface area contributed by atoms with Crippen molar-refractivity contribution in [2.75, 3.05) is 27.2 Å². The first-order valence-electron chi connectivity index (χ1n) is 6.94. The molecule has 0 radical (unpaired) electrons. The molecule has 0 unspecified atom stereocenters. The zero-order valence-corrected chi connectivity index (χ0v) is 12.4. The highest BCUT2D eigenvalue weighted by atomic mass is 16.4. The summed E-state index contributed by atoms with van der Waals surface area (Å²) in [6.07, 6.45) is 1.44. The van der Waals surface area contributed by atoms with Gasteiger partial charge >= 0.3 is 11.8 Å². The fraction of sp³-hybridized carbons (Fsp3) is 0.400. The zero-order valence-electron chi connectivity index (χ0n) is 12.4. The summed E-state index contributed by atoms with van der Waals surface area (Å²) in [6, 6.07) is 10.1. The number of carbonyl (C=O) groups excluding carboxylic acids is 1. The molecule has 0 saturated carbocycles. The lowest BCUT2D eigenvalue weighted by molar-refractivity contribution is 0.0914. The number of hydrogen-bond acceptors (Lipinski definition) is 5. The van der Waals surface area contributed by atoms with Crippen LogP contribution in [0.5, 0.6) is 0 Å². The lowest BCUT2D eigenvalue weighted by atomic mass is 10.1. The van der Waals surface area contributed by atoms with E-state index in [1.807, 2.05) is 49.3 Å². The van der Waals surface area contributed by atoms with Crippen molar-refractivity contribution in [3.05, 3.63) is 47.7 Å². The van der Waals surface area contributed by atoms with Gasteiger partial charge in [0.05, 0.1) is 0 Å². The van der Waals surface area contributed by atoms with Crippen LogP contribution in [0.25, 0.3) is 0 Å². The van der Waals surface area contributed by atoms with Crippen molar-refractivity contribution in [3.63, 3.8) is 0 Å². The summed E-state index contributed by atoms with van der Waals surface area (Å²) >= 11 is 0. The average Bonchev–Trinajstić information content (AvgIpc) is 2.95. The molecule has 0 spiro atoms. The minimum absolute atomic E-state index is 0.0248. The Labute approximate surface area is 124 Å². The first kappa shape index (κ1) is 15.2. The van der Waals surface area contributed by atoms with Crippen LogP contribution in [-0.2, 0) is 12.8 Å². The standard InChI is InChI=1S/C15H20N4O2/c1-19(2)11-10-16-14(20)15-18-17-13(21-15)9-8-12-6-4-3-5-7-12/h3-7H,8-11H2,1-2H3,(H,16,20). The van der Waals surface area contributed by atoms with Crippen molar-refractivity contribution < 1.29 is 9.21 Å². The molecule has 6 nitrogen and oxygen atoms in total. The quantitative estimate of drug-likeness (QED) is 0.827. The second-order valence-corrected chi connectivity index (χ2v) is 5.05. The number of aryl methyl sites for hydroxylation is 2. The highest BCUT2D eigenvalue weighted by Gasteiger charge is 2.14. The van der Waals surface area contributed by atoms with E-state index >= 15 is 0 Å². The second kappa shape index (κ2) is 7.54. The maximum absolute atomic E-state index is 11.8. The molecule has 1 N–H and O–H groups in total. The van der Waals surface area contributed by atoms with E-state index in [2.05, 4.69) is 15.5 Å². The molecule has 0 aliphatic rings. The lowest BCUT2D eigenvalue weighted by Gasteiger charge is -2.08. The predicted molar refractivity (Wildman–Crippen MR) is 79.0 cm³/mol. The van der Waals surface area contributed by atoms with Gasteiger partial charge in [-0.05, 0) is 26.1 Å². The van der Waals surface area contributed by atoms with E-state index in [1.165, 1.54) is 5.56 Å². The summed E-state index contributed by atoms with van der Waals surface area (Å²) in [5, 5.41) is 10.4. The molecule has 112 valence electrons. The van der Waals surface area contributed by atoms with Crippen LogP contribution in [0.3, 0.4) is 0 Å². The van der Waals surface area contributed by atoms with Crippen LogP contribution in [0, 0.1) is 0 Å². The fourth-order valence-electron chi connectivity index (χ4n) is 1.81. The van der Waals surface area contributed by atoms with E-state index < -0.39 is 0 Å². The third-order valence-corrected chi connectivity index (χ3v) is 2.98. The van der Waals surface area contributed by atoms with Gasteiger partial charge in [-0.15, -0.1) is 10.2 Å². The van der Waals surface area contributed by atoms with Crippen molar-refractivity contribution in [1.29, 1.82) is 0 Å². The molecular weight excluding hydrogens is 268 g/mol. The van der Waals surface area contributed by atoms with E-state index in [4.69, 9.17) is 4.42 Å². The van der Waals surface area contributed by atoms with Gasteiger partial charge in [0.2, 0.25) is 5.89 Å². The minimum Gasteiger partial charge on any atom is -0.417 e. The normalized spacial score (nSPS) is 10.8. The van der Waals surface area contributed by atoms with Crippen LogP contribution < -0.4 is 5.32 Å². The Morgan fingerprint density at radius 1 is 1.19 bits per heavy atom. The summed E-state index contributed by atoms with van der Waals surface area (Å²) in [5.74, 6) is 0.184. The topological polar surface area (TPSA) is 71.3 Å². The van der Waals surface area contributed by atoms with Crippen molar-refractivity contribution in [2.45, 2.75) is 12.8 Å². The third kappa shape index (κ3) is 5.00. The van der Waals surface area contributed by atoms with Crippen molar-refractivity contribution >= 4 is 5.91 Å². The molecule has 0 atom stereocenters. The monoisotopic (exact) mass is 288 g/mol. The molecule has 0 fully saturated rings. The molecule has 0 aliphatic heterocycles. The molecule has 0 bridgehead atoms. The Hall–Kier alpha value is -2.21. The average molecular weight is 288 g/mol. The van der Waals surface area contributed by atoms with Crippen LogP contribution in [-0.4, -0.2) is 48.2 Å². The molecule has 2 aromatic rings. The van der Waals surface area contributed by atoms with Gasteiger partial charge in [-0.3, -0.25) is 4.79 Å². The smallest absolute Gasteiger partial charge is 0.308 e. The van der Waals surface area contributed by atoms with Crippen LogP contribution in [0.15, 0.2) is 34.7 Å². The molecule has 1 heterocycles. The van der Waals surface area contributed by atoms with Crippen LogP contribution in [0.2, 0.25) is 0 Å². The lowest BCUT2D eigenvalue weighted by Crippen LogP contribution is -2.31. The second-order valence-electron chi connectivity index (χ2n) is 5.05. The number of hydrogen-bond donors (Lipinski definition) is 1. The maximum Gasteiger partial charge on any atom is 0.308 e. The predicted octanol–water partition coefficient (Wildman–Crippen LogP) is 1.15. The van der Waals surface area contributed by atoms with Gasteiger partial charge < -0.3 is 14.6 Å². The molecule has 21 heavy (non-hydrogen) atoms. The number of likely N-dealkylation sites (N-methyl/N-ethyl adjacent to an activating group) is 1. The molecule has 1 aromatic heterocycles. The highest BCUT2D eigenvalue weighted by Crippen LogP contribution is 2.06. The van der Waals surface area contributed by atoms with E-state index in [1.54, 1.807) is 0 Å². The Bertz CT molecular complexity index is 566. The number of nitrogens with zero attached hydrogens (tertiary/aromatic N) is 3. The molecule has 1 aromatic carbocycles. The van der Waals surface area contributed by atoms with Gasteiger partial charge in [-0.25, -0.2) is 0 Å². The van der Waals surface area contributed by atoms with Gasteiger partial charge in [0.15, 0.2) is 0 Å². The van der Waals surface area contributed by atoms with Crippen LogP contribution in [0.1, 0.15) is 22.1 Å². The van der Waals surface area contributed by atoms with Gasteiger partial charge in [0, 0.05) is 19.5 Å². The van der Waals surface area contributed by atoms with Crippen LogP contribution >= 0.6 is 0 Å². The minimum atomic E-state index is -0.324. The molecule has 6 heteroatoms. The largest absolute Gasteiger partial charge is 0.417 e. The summed E-state index contributed by atoms with van der Waals surface area (Å²) in [6.45, 7) is 1.31. The number of aromatic nitrogens is 2. The Kier molecular flexibility index (Phi) is 5.45. The molecule has 0 saturated heterocycles. The van der Waals surface area contributed by atoms with Crippen molar-refractivity contribution in [2.24, 2.45) is 0 Å². The maximum atomic E-state index is 11.8. The molecule has 2 rings (SSSR count). The summed E-state index contributed by atoms with van der Waals surface area (Å²) in [4.78, 5) is 13.8. The van der Waals surface area contributed by atoms with Gasteiger partial charge in [-0.1, -0.05) is 30.3 Å². The number of amides is 1. The van der Waals surface area contributed by atoms with E-state index in [0.717, 1.165) is 13.0 Å². The number of carbonyl (C=O) groups is 1. The SMILES string of the molecule is CN(C)CCNC(=O)c1nnc(CCc2ccccc2)o1. The van der Waals surface area contributed by atoms with E-state index in [0.29, 0.717) is 18.9 Å². The molecular formula is C15H20N4O2. The van der Waals surface area contributed by atoms with Crippen molar-refractivity contribution in [1.82, 2.24) is 20.4 Å². The van der Waals surface area contributed by atoms with E-state index in [9.17, 15) is 4.79 Å². The van der Waals surface area contributed by atoms with Crippen molar-refractivity contribution in [3.8, 4) is 0 Å². The number of benzene rings is 1. The van der Waals surface area contributed by atoms with Gasteiger partial charge in [0.1, 0.15) is 0 Å². The first-order chi connectivity index (χ1) is 10.1. The Morgan fingerprint density at radius 2 is 1.95 bits per heavy atom. The number of nitrogens with one attached hydrogen (secondary N) is 1. The van der Waals surface area contributed by atoms with Crippen LogP contribution in [0.4, 0.5) is 0 Å². The zero-order chi connectivity index (χ0) is 15.1. The van der Waals surface area contributed by atoms with Gasteiger partial charge in [0.25, 0.3) is 0 Å². The molecule has 0 aliphatic carbocycles. The fourth-order valence-corrected chi connectivity index (χ4v) is 1.81. The van der Waals surface area contributed by atoms with Gasteiger partial charge in [-0.2, -0.15) is 0 Å². The summed E-state index contributed by atoms with van der Waals surface area (Å²) < 4.78 is 5.38. The van der Waals surface area contributed by atoms with E-state index in [-0.39, 0.29) is 11.8 Å². The summed E-state index contributed by atoms with van der Waals surface area (Å²) in [5.41, 5.74) is 1.20. The first-order valence-corrected chi connectivity index (χ1v) is 6.94. The highest BCUT2D eigenvalue weighted by molar-refractivity contribution is 5.89.